The van der Waals surface area contributed by atoms with Crippen LogP contribution < -0.4 is 5.32 Å². The minimum Gasteiger partial charge on any atom is -0.454 e. The van der Waals surface area contributed by atoms with E-state index < -0.39 is 57.6 Å². The Kier molecular flexibility index (Phi) is 7.98. The highest BCUT2D eigenvalue weighted by atomic mass is 16.5. The van der Waals surface area contributed by atoms with E-state index in [-0.39, 0.29) is 54.4 Å². The summed E-state index contributed by atoms with van der Waals surface area (Å²) in [5, 5.41) is 56.6. The number of ether oxygens (including phenoxy) is 1. The van der Waals surface area contributed by atoms with E-state index in [1.807, 2.05) is 13.1 Å². The fourth-order valence-electron chi connectivity index (χ4n) is 15.9. The zero-order valence-corrected chi connectivity index (χ0v) is 31.8. The first-order valence-corrected chi connectivity index (χ1v) is 21.1. The van der Waals surface area contributed by atoms with Crippen LogP contribution in [0.1, 0.15) is 95.1 Å². The van der Waals surface area contributed by atoms with E-state index in [4.69, 9.17) is 4.74 Å². The van der Waals surface area contributed by atoms with E-state index in [9.17, 15) is 30.0 Å². The molecule has 10 aliphatic rings. The van der Waals surface area contributed by atoms with E-state index >= 15 is 0 Å². The van der Waals surface area contributed by atoms with Crippen molar-refractivity contribution in [1.29, 1.82) is 0 Å². The van der Waals surface area contributed by atoms with Crippen molar-refractivity contribution in [1.82, 2.24) is 5.32 Å². The first-order valence-electron chi connectivity index (χ1n) is 21.1. The van der Waals surface area contributed by atoms with Gasteiger partial charge < -0.3 is 35.3 Å². The SMILES string of the molecule is CN[C@@H]1Cc2ccccc2C#CCC[C@]23CC[C@H]4[C@](O)(C[C@H]5C[C@@H]6[C@H](C)CC=C[C@H]6C[C@@H]6[C@@H](O)CC[C@]4(C=O)[C@]56O)[C@@]2(O)C[C@H]2C[C@@H]1[C@@H]1OC(=O)C=C1[C@@H]23. The van der Waals surface area contributed by atoms with Gasteiger partial charge in [-0.3, -0.25) is 0 Å². The highest BCUT2D eigenvalue weighted by Crippen LogP contribution is 2.77. The molecule has 4 bridgehead atoms. The van der Waals surface area contributed by atoms with Crippen LogP contribution in [0.25, 0.3) is 0 Å². The molecule has 1 aliphatic heterocycles. The number of benzene rings is 1. The highest BCUT2D eigenvalue weighted by molar-refractivity contribution is 5.86. The topological polar surface area (TPSA) is 136 Å². The fourth-order valence-corrected chi connectivity index (χ4v) is 15.9. The molecule has 6 fully saturated rings. The van der Waals surface area contributed by atoms with Crippen LogP contribution in [0.4, 0.5) is 0 Å². The van der Waals surface area contributed by atoms with Crippen LogP contribution >= 0.6 is 0 Å². The van der Waals surface area contributed by atoms with Crippen LogP contribution in [0, 0.1) is 75.9 Å². The molecular formula is C46H57NO7. The summed E-state index contributed by atoms with van der Waals surface area (Å²) in [5.41, 5.74) is -3.78. The Bertz CT molecular complexity index is 1880. The van der Waals surface area contributed by atoms with Gasteiger partial charge in [0.05, 0.1) is 22.7 Å². The van der Waals surface area contributed by atoms with Gasteiger partial charge in [0.2, 0.25) is 0 Å². The molecule has 6 saturated carbocycles. The van der Waals surface area contributed by atoms with E-state index in [0.717, 1.165) is 42.2 Å². The van der Waals surface area contributed by atoms with Gasteiger partial charge in [0.15, 0.2) is 0 Å². The molecule has 0 radical (unpaired) electrons. The average molecular weight is 736 g/mol. The first-order chi connectivity index (χ1) is 25.9. The Hall–Kier alpha value is -2.80. The highest BCUT2D eigenvalue weighted by Gasteiger charge is 2.83. The lowest BCUT2D eigenvalue weighted by Gasteiger charge is -2.72. The number of likely N-dealkylation sites (N-methyl/N-ethyl adjacent to an activating group) is 1. The van der Waals surface area contributed by atoms with Crippen LogP contribution in [-0.2, 0) is 20.7 Å². The number of nitrogens with one attached hydrogen (secondary N) is 1. The molecule has 9 aliphatic carbocycles. The lowest BCUT2D eigenvalue weighted by molar-refractivity contribution is -0.343. The van der Waals surface area contributed by atoms with Gasteiger partial charge in [0.1, 0.15) is 18.0 Å². The number of rotatable bonds is 2. The van der Waals surface area contributed by atoms with E-state index in [0.29, 0.717) is 57.3 Å². The van der Waals surface area contributed by atoms with Crippen LogP contribution in [-0.4, -0.2) is 74.8 Å². The molecule has 288 valence electrons. The standard InChI is InChI=1S/C46H57NO7/c1-26-8-7-12-29-19-35-37(49)13-16-43(25-48)38-14-17-42-15-6-5-10-27-9-3-4-11-28(27)20-36(47-2)33-18-30(40(42)34-22-39(50)54-41(33)34)23-45(42,52)44(38,51)24-31(21-32(26)29)46(35,43)53/h3-4,7,9,11-12,22,25-26,29-33,35-38,40-41,47,49,51-53H,6,8,13-21,23-24H2,1-2H3/t26-,29+,30-,31-,32-,33+,35-,36-,37+,38-,40-,41+,42-,43-,44-,45-,46+/m1/s1. The molecule has 11 rings (SSSR count). The van der Waals surface area contributed by atoms with Crippen molar-refractivity contribution >= 4 is 12.3 Å². The fraction of sp³-hybridized carbons (Fsp3) is 0.696. The van der Waals surface area contributed by atoms with Gasteiger partial charge in [0.25, 0.3) is 0 Å². The summed E-state index contributed by atoms with van der Waals surface area (Å²) in [7, 11) is 1.97. The van der Waals surface area contributed by atoms with E-state index in [2.05, 4.69) is 54.4 Å². The van der Waals surface area contributed by atoms with Crippen molar-refractivity contribution in [2.45, 2.75) is 125 Å². The van der Waals surface area contributed by atoms with Crippen molar-refractivity contribution in [2.75, 3.05) is 7.05 Å². The summed E-state index contributed by atoms with van der Waals surface area (Å²) in [6.45, 7) is 2.27. The molecular weight excluding hydrogens is 679 g/mol. The lowest BCUT2D eigenvalue weighted by atomic mass is 9.36. The summed E-state index contributed by atoms with van der Waals surface area (Å²) >= 11 is 0. The van der Waals surface area contributed by atoms with Gasteiger partial charge in [-0.1, -0.05) is 49.1 Å². The molecule has 8 heteroatoms. The number of carbonyl (C=O) groups is 2. The van der Waals surface area contributed by atoms with Gasteiger partial charge in [-0.25, -0.2) is 4.79 Å². The smallest absolute Gasteiger partial charge is 0.331 e. The third-order valence-corrected chi connectivity index (χ3v) is 18.0. The van der Waals surface area contributed by atoms with Gasteiger partial charge in [-0.2, -0.15) is 0 Å². The summed E-state index contributed by atoms with van der Waals surface area (Å²) in [6, 6.07) is 8.26. The van der Waals surface area contributed by atoms with Crippen molar-refractivity contribution < 1.29 is 34.8 Å². The number of hydrogen-bond acceptors (Lipinski definition) is 8. The maximum atomic E-state index is 14.0. The quantitative estimate of drug-likeness (QED) is 0.128. The molecule has 8 nitrogen and oxygen atoms in total. The summed E-state index contributed by atoms with van der Waals surface area (Å²) < 4.78 is 6.22. The van der Waals surface area contributed by atoms with E-state index in [1.165, 1.54) is 0 Å². The van der Waals surface area contributed by atoms with Gasteiger partial charge in [-0.15, -0.1) is 0 Å². The molecule has 0 amide bonds. The van der Waals surface area contributed by atoms with Crippen LogP contribution in [0.2, 0.25) is 0 Å². The summed E-state index contributed by atoms with van der Waals surface area (Å²) in [6.07, 6.45) is 13.0. The zero-order chi connectivity index (χ0) is 37.4. The number of allylic oxidation sites excluding steroid dienone is 2. The zero-order valence-electron chi connectivity index (χ0n) is 31.8. The van der Waals surface area contributed by atoms with Crippen LogP contribution in [0.5, 0.6) is 0 Å². The van der Waals surface area contributed by atoms with E-state index in [1.54, 1.807) is 6.08 Å². The molecule has 1 aromatic rings. The number of aliphatic hydroxyl groups excluding tert-OH is 1. The Morgan fingerprint density at radius 3 is 2.67 bits per heavy atom. The maximum Gasteiger partial charge on any atom is 0.331 e. The van der Waals surface area contributed by atoms with Crippen LogP contribution in [0.15, 0.2) is 48.1 Å². The Morgan fingerprint density at radius 2 is 1.85 bits per heavy atom. The van der Waals surface area contributed by atoms with Gasteiger partial charge in [-0.05, 0) is 137 Å². The largest absolute Gasteiger partial charge is 0.454 e. The van der Waals surface area contributed by atoms with Crippen LogP contribution in [0.3, 0.4) is 0 Å². The third kappa shape index (κ3) is 4.34. The predicted octanol–water partition coefficient (Wildman–Crippen LogP) is 4.66. The minimum absolute atomic E-state index is 0.0166. The first kappa shape index (κ1) is 35.6. The minimum atomic E-state index is -1.67. The monoisotopic (exact) mass is 735 g/mol. The second-order valence-corrected chi connectivity index (χ2v) is 19.5. The lowest BCUT2D eigenvalue weighted by Crippen LogP contribution is -2.80. The van der Waals surface area contributed by atoms with Gasteiger partial charge >= 0.3 is 5.97 Å². The molecule has 1 heterocycles. The molecule has 0 saturated heterocycles. The maximum absolute atomic E-state index is 14.0. The molecule has 1 spiro atoms. The number of aliphatic hydroxyl groups is 4. The molecule has 0 aromatic heterocycles. The number of fused-ring (bicyclic) bond motifs is 7. The third-order valence-electron chi connectivity index (χ3n) is 18.0. The number of carbonyl (C=O) groups excluding carboxylic acids is 2. The normalized spacial score (nSPS) is 52.4. The second kappa shape index (κ2) is 12.1. The summed E-state index contributed by atoms with van der Waals surface area (Å²) in [5.74, 6) is 5.56. The van der Waals surface area contributed by atoms with Crippen molar-refractivity contribution in [3.63, 3.8) is 0 Å². The molecule has 5 N–H and O–H groups in total. The number of esters is 1. The van der Waals surface area contributed by atoms with Gasteiger partial charge in [0, 0.05) is 47.3 Å². The molecule has 0 unspecified atom stereocenters. The number of hydrogen-bond donors (Lipinski definition) is 5. The molecule has 17 atom stereocenters. The predicted molar refractivity (Wildman–Crippen MR) is 201 cm³/mol. The molecule has 1 aromatic carbocycles. The number of aldehydes is 1. The molecule has 54 heavy (non-hydrogen) atoms. The Labute approximate surface area is 319 Å². The average Bonchev–Trinajstić information content (AvgIpc) is 3.62. The van der Waals surface area contributed by atoms with Crippen molar-refractivity contribution in [3.8, 4) is 11.8 Å². The van der Waals surface area contributed by atoms with Crippen molar-refractivity contribution in [3.05, 3.63) is 59.2 Å². The Balaban J connectivity index is 1.15. The second-order valence-electron chi connectivity index (χ2n) is 19.5. The van der Waals surface area contributed by atoms with Crippen molar-refractivity contribution in [2.24, 2.45) is 64.1 Å². The Morgan fingerprint density at radius 1 is 1.02 bits per heavy atom. The summed E-state index contributed by atoms with van der Waals surface area (Å²) in [4.78, 5) is 27.3.